The molecule has 0 aliphatic carbocycles. The topological polar surface area (TPSA) is 12.5 Å². The third-order valence-corrected chi connectivity index (χ3v) is 5.28. The molecule has 2 saturated heterocycles. The number of piperidine rings is 1. The van der Waals surface area contributed by atoms with E-state index in [2.05, 4.69) is 4.90 Å². The molecule has 0 radical (unpaired) electrons. The van der Waals surface area contributed by atoms with Gasteiger partial charge in [0.05, 0.1) is 5.56 Å². The van der Waals surface area contributed by atoms with Crippen LogP contribution in [0.15, 0.2) is 18.2 Å². The summed E-state index contributed by atoms with van der Waals surface area (Å²) in [4.78, 5) is 2.50. The Kier molecular flexibility index (Phi) is 4.97. The number of nitrogens with zero attached hydrogens (tertiary/aromatic N) is 1. The van der Waals surface area contributed by atoms with Crippen LogP contribution in [0.3, 0.4) is 0 Å². The number of rotatable bonds is 2. The van der Waals surface area contributed by atoms with Gasteiger partial charge in [-0.3, -0.25) is 0 Å². The monoisotopic (exact) mass is 327 g/mol. The lowest BCUT2D eigenvalue weighted by Gasteiger charge is -2.39. The maximum atomic E-state index is 13.0. The van der Waals surface area contributed by atoms with Crippen LogP contribution in [0.2, 0.25) is 0 Å². The van der Waals surface area contributed by atoms with Crippen molar-refractivity contribution in [3.63, 3.8) is 0 Å². The van der Waals surface area contributed by atoms with Crippen LogP contribution in [-0.2, 0) is 10.9 Å². The van der Waals surface area contributed by atoms with Crippen LogP contribution in [0.4, 0.5) is 13.2 Å². The largest absolute Gasteiger partial charge is 0.416 e. The molecule has 1 aromatic rings. The van der Waals surface area contributed by atoms with Crippen molar-refractivity contribution in [3.8, 4) is 0 Å². The summed E-state index contributed by atoms with van der Waals surface area (Å²) in [6.45, 7) is 5.53. The summed E-state index contributed by atoms with van der Waals surface area (Å²) in [5, 5.41) is 0. The first-order valence-electron chi connectivity index (χ1n) is 8.44. The number of alkyl halides is 3. The number of benzene rings is 1. The Labute approximate surface area is 135 Å². The number of aryl methyl sites for hydroxylation is 1. The number of hydrogen-bond donors (Lipinski definition) is 0. The molecule has 5 heteroatoms. The second-order valence-electron chi connectivity index (χ2n) is 6.72. The van der Waals surface area contributed by atoms with Gasteiger partial charge in [0.1, 0.15) is 0 Å². The summed E-state index contributed by atoms with van der Waals surface area (Å²) in [6, 6.07) is 4.76. The van der Waals surface area contributed by atoms with Crippen LogP contribution < -0.4 is 0 Å². The molecule has 23 heavy (non-hydrogen) atoms. The summed E-state index contributed by atoms with van der Waals surface area (Å²) < 4.78 is 44.3. The van der Waals surface area contributed by atoms with Gasteiger partial charge in [-0.1, -0.05) is 6.07 Å². The molecule has 3 rings (SSSR count). The molecule has 0 amide bonds. The molecule has 1 aromatic carbocycles. The van der Waals surface area contributed by atoms with Crippen LogP contribution in [-0.4, -0.2) is 37.2 Å². The summed E-state index contributed by atoms with van der Waals surface area (Å²) in [5.41, 5.74) is 1.33. The van der Waals surface area contributed by atoms with Gasteiger partial charge in [-0.25, -0.2) is 0 Å². The smallest absolute Gasteiger partial charge is 0.381 e. The summed E-state index contributed by atoms with van der Waals surface area (Å²) in [6.07, 6.45) is -0.217. The number of likely N-dealkylation sites (tertiary alicyclic amines) is 1. The molecule has 2 heterocycles. The molecule has 0 saturated carbocycles. The minimum Gasteiger partial charge on any atom is -0.381 e. The maximum absolute atomic E-state index is 13.0. The SMILES string of the molecule is Cc1ccc(C(F)(F)F)cc1C1CCN(C2CCOCC2)CC1. The van der Waals surface area contributed by atoms with Gasteiger partial charge in [0.15, 0.2) is 0 Å². The molecule has 0 bridgehead atoms. The Balaban J connectivity index is 1.67. The first-order valence-corrected chi connectivity index (χ1v) is 8.44. The molecule has 2 aliphatic heterocycles. The predicted octanol–water partition coefficient (Wildman–Crippen LogP) is 4.37. The van der Waals surface area contributed by atoms with E-state index < -0.39 is 11.7 Å². The van der Waals surface area contributed by atoms with Crippen LogP contribution in [0, 0.1) is 6.92 Å². The molecule has 0 spiro atoms. The second-order valence-corrected chi connectivity index (χ2v) is 6.72. The van der Waals surface area contributed by atoms with Crippen LogP contribution >= 0.6 is 0 Å². The van der Waals surface area contributed by atoms with Gasteiger partial charge in [0.25, 0.3) is 0 Å². The van der Waals surface area contributed by atoms with E-state index in [1.54, 1.807) is 6.07 Å². The van der Waals surface area contributed by atoms with Gasteiger partial charge in [-0.15, -0.1) is 0 Å². The lowest BCUT2D eigenvalue weighted by molar-refractivity contribution is -0.137. The highest BCUT2D eigenvalue weighted by Crippen LogP contribution is 2.36. The van der Waals surface area contributed by atoms with Gasteiger partial charge < -0.3 is 9.64 Å². The lowest BCUT2D eigenvalue weighted by Crippen LogP contribution is -2.43. The Morgan fingerprint density at radius 1 is 1.04 bits per heavy atom. The number of ether oxygens (including phenoxy) is 1. The molecule has 2 fully saturated rings. The summed E-state index contributed by atoms with van der Waals surface area (Å²) >= 11 is 0. The minimum absolute atomic E-state index is 0.244. The first kappa shape index (κ1) is 16.8. The van der Waals surface area contributed by atoms with E-state index in [1.165, 1.54) is 12.1 Å². The highest BCUT2D eigenvalue weighted by atomic mass is 19.4. The fourth-order valence-corrected chi connectivity index (χ4v) is 3.88. The van der Waals surface area contributed by atoms with Gasteiger partial charge in [-0.05, 0) is 74.9 Å². The van der Waals surface area contributed by atoms with Crippen LogP contribution in [0.25, 0.3) is 0 Å². The highest BCUT2D eigenvalue weighted by molar-refractivity contribution is 5.35. The first-order chi connectivity index (χ1) is 10.9. The van der Waals surface area contributed by atoms with Gasteiger partial charge in [0, 0.05) is 19.3 Å². The minimum atomic E-state index is -4.26. The zero-order valence-electron chi connectivity index (χ0n) is 13.5. The summed E-state index contributed by atoms with van der Waals surface area (Å²) in [5.74, 6) is 0.244. The molecule has 0 N–H and O–H groups in total. The molecule has 2 nitrogen and oxygen atoms in total. The number of halogens is 3. The Hall–Kier alpha value is -1.07. The molecule has 0 unspecified atom stereocenters. The third kappa shape index (κ3) is 3.89. The van der Waals surface area contributed by atoms with Crippen molar-refractivity contribution in [2.45, 2.75) is 50.7 Å². The van der Waals surface area contributed by atoms with E-state index in [1.807, 2.05) is 6.92 Å². The standard InChI is InChI=1S/C18H24F3NO/c1-13-2-3-15(18(19,20)21)12-17(13)14-4-8-22(9-5-14)16-6-10-23-11-7-16/h2-3,12,14,16H,4-11H2,1H3. The lowest BCUT2D eigenvalue weighted by atomic mass is 9.85. The van der Waals surface area contributed by atoms with Crippen LogP contribution in [0.1, 0.15) is 48.3 Å². The Morgan fingerprint density at radius 3 is 2.30 bits per heavy atom. The quantitative estimate of drug-likeness (QED) is 0.800. The van der Waals surface area contributed by atoms with E-state index in [4.69, 9.17) is 4.74 Å². The zero-order valence-corrected chi connectivity index (χ0v) is 13.5. The molecule has 0 atom stereocenters. The van der Waals surface area contributed by atoms with Crippen molar-refractivity contribution in [3.05, 3.63) is 34.9 Å². The van der Waals surface area contributed by atoms with E-state index in [-0.39, 0.29) is 5.92 Å². The van der Waals surface area contributed by atoms with Crippen molar-refractivity contribution in [2.75, 3.05) is 26.3 Å². The van der Waals surface area contributed by atoms with E-state index >= 15 is 0 Å². The normalized spacial score (nSPS) is 22.4. The predicted molar refractivity (Wildman–Crippen MR) is 83.6 cm³/mol. The average Bonchev–Trinajstić information content (AvgIpc) is 2.55. The van der Waals surface area contributed by atoms with Crippen molar-refractivity contribution in [1.82, 2.24) is 4.90 Å². The highest BCUT2D eigenvalue weighted by Gasteiger charge is 2.33. The maximum Gasteiger partial charge on any atom is 0.416 e. The average molecular weight is 327 g/mol. The van der Waals surface area contributed by atoms with E-state index in [0.29, 0.717) is 6.04 Å². The summed E-state index contributed by atoms with van der Waals surface area (Å²) in [7, 11) is 0. The molecule has 2 aliphatic rings. The fourth-order valence-electron chi connectivity index (χ4n) is 3.88. The van der Waals surface area contributed by atoms with E-state index in [9.17, 15) is 13.2 Å². The Bertz CT molecular complexity index is 530. The zero-order chi connectivity index (χ0) is 16.4. The fraction of sp³-hybridized carbons (Fsp3) is 0.667. The molecular weight excluding hydrogens is 303 g/mol. The van der Waals surface area contributed by atoms with Gasteiger partial charge in [-0.2, -0.15) is 13.2 Å². The van der Waals surface area contributed by atoms with E-state index in [0.717, 1.165) is 63.1 Å². The van der Waals surface area contributed by atoms with Crippen LogP contribution in [0.5, 0.6) is 0 Å². The molecular formula is C18H24F3NO. The van der Waals surface area contributed by atoms with Crippen molar-refractivity contribution < 1.29 is 17.9 Å². The third-order valence-electron chi connectivity index (χ3n) is 5.28. The van der Waals surface area contributed by atoms with Gasteiger partial charge in [0.2, 0.25) is 0 Å². The van der Waals surface area contributed by atoms with Crippen molar-refractivity contribution in [1.29, 1.82) is 0 Å². The van der Waals surface area contributed by atoms with Gasteiger partial charge >= 0.3 is 6.18 Å². The van der Waals surface area contributed by atoms with Crippen molar-refractivity contribution in [2.24, 2.45) is 0 Å². The Morgan fingerprint density at radius 2 is 1.70 bits per heavy atom. The molecule has 128 valence electrons. The van der Waals surface area contributed by atoms with Crippen molar-refractivity contribution >= 4 is 0 Å². The molecule has 0 aromatic heterocycles. The number of hydrogen-bond acceptors (Lipinski definition) is 2. The second kappa shape index (κ2) is 6.81.